The average Bonchev–Trinajstić information content (AvgIpc) is 2.86. The Labute approximate surface area is 132 Å². The summed E-state index contributed by atoms with van der Waals surface area (Å²) in [6.07, 6.45) is 5.10. The van der Waals surface area contributed by atoms with Crippen LogP contribution in [0.25, 0.3) is 11.0 Å². The summed E-state index contributed by atoms with van der Waals surface area (Å²) in [4.78, 5) is 4.06. The molecule has 0 unspecified atom stereocenters. The van der Waals surface area contributed by atoms with Gasteiger partial charge in [0.15, 0.2) is 24.1 Å². The third-order valence-corrected chi connectivity index (χ3v) is 2.84. The molecule has 122 valence electrons. The van der Waals surface area contributed by atoms with Crippen molar-refractivity contribution >= 4 is 22.7 Å². The van der Waals surface area contributed by atoms with Crippen LogP contribution in [0.5, 0.6) is 0 Å². The predicted octanol–water partition coefficient (Wildman–Crippen LogP) is 2.69. The molecule has 0 atom stereocenters. The van der Waals surface area contributed by atoms with Crippen molar-refractivity contribution in [1.82, 2.24) is 15.2 Å². The Hall–Kier alpha value is -2.87. The molecule has 2 heterocycles. The zero-order chi connectivity index (χ0) is 16.8. The van der Waals surface area contributed by atoms with E-state index < -0.39 is 5.82 Å². The molecule has 0 fully saturated rings. The minimum atomic E-state index is -0.546. The number of nitrogens with two attached hydrogens (primary N) is 1. The Morgan fingerprint density at radius 3 is 3.09 bits per heavy atom. The molecule has 0 amide bonds. The van der Waals surface area contributed by atoms with E-state index in [1.165, 1.54) is 6.07 Å². The fraction of sp³-hybridized carbons (Fsp3) is 0.200. The zero-order valence-electron chi connectivity index (χ0n) is 12.9. The molecule has 2 aromatic rings. The van der Waals surface area contributed by atoms with E-state index in [9.17, 15) is 4.39 Å². The average molecular weight is 319 g/mol. The van der Waals surface area contributed by atoms with Crippen molar-refractivity contribution in [3.05, 3.63) is 48.1 Å². The van der Waals surface area contributed by atoms with Gasteiger partial charge in [-0.05, 0) is 25.1 Å². The number of aromatic amines is 1. The van der Waals surface area contributed by atoms with E-state index in [0.29, 0.717) is 22.5 Å². The second kappa shape index (κ2) is 7.41. The normalized spacial score (nSPS) is 12.0. The first kappa shape index (κ1) is 16.5. The lowest BCUT2D eigenvalue weighted by atomic mass is 10.3. The monoisotopic (exact) mass is 319 g/mol. The highest BCUT2D eigenvalue weighted by Gasteiger charge is 2.10. The van der Waals surface area contributed by atoms with Gasteiger partial charge >= 0.3 is 0 Å². The maximum atomic E-state index is 14.0. The summed E-state index contributed by atoms with van der Waals surface area (Å²) in [5.74, 6) is 0.423. The van der Waals surface area contributed by atoms with Crippen LogP contribution < -0.4 is 11.1 Å². The number of methoxy groups -OCH3 is 1. The van der Waals surface area contributed by atoms with Crippen LogP contribution in [0.2, 0.25) is 0 Å². The molecule has 0 bridgehead atoms. The molecule has 0 saturated heterocycles. The van der Waals surface area contributed by atoms with Crippen LogP contribution in [0.3, 0.4) is 0 Å². The smallest absolute Gasteiger partial charge is 0.188 e. The van der Waals surface area contributed by atoms with Gasteiger partial charge in [0.05, 0.1) is 11.1 Å². The number of hydrogen-bond donors (Lipinski definition) is 3. The van der Waals surface area contributed by atoms with E-state index in [0.717, 1.165) is 0 Å². The molecule has 8 heteroatoms. The molecule has 0 aliphatic carbocycles. The number of nitrogen functional groups attached to an aromatic ring is 1. The van der Waals surface area contributed by atoms with Gasteiger partial charge in [0.25, 0.3) is 0 Å². The third kappa shape index (κ3) is 4.30. The van der Waals surface area contributed by atoms with Gasteiger partial charge < -0.3 is 20.5 Å². The Bertz CT molecular complexity index is 767. The minimum absolute atomic E-state index is 0.0231. The van der Waals surface area contributed by atoms with Gasteiger partial charge in [-0.15, -0.1) is 0 Å². The number of halogens is 1. The molecule has 0 saturated carbocycles. The van der Waals surface area contributed by atoms with Gasteiger partial charge in [0.1, 0.15) is 5.82 Å². The van der Waals surface area contributed by atoms with Crippen molar-refractivity contribution in [2.75, 3.05) is 25.0 Å². The quantitative estimate of drug-likeness (QED) is 0.412. The number of rotatable bonds is 7. The first-order valence-corrected chi connectivity index (χ1v) is 6.74. The Morgan fingerprint density at radius 2 is 2.35 bits per heavy atom. The van der Waals surface area contributed by atoms with Gasteiger partial charge in [0, 0.05) is 12.8 Å². The van der Waals surface area contributed by atoms with Crippen LogP contribution in [0, 0.1) is 5.82 Å². The van der Waals surface area contributed by atoms with Crippen LogP contribution >= 0.6 is 0 Å². The summed E-state index contributed by atoms with van der Waals surface area (Å²) in [7, 11) is 1.54. The summed E-state index contributed by atoms with van der Waals surface area (Å²) in [6.45, 7) is 5.75. The van der Waals surface area contributed by atoms with Gasteiger partial charge in [-0.25, -0.2) is 9.37 Å². The topological polar surface area (TPSA) is 98.1 Å². The second-order valence-corrected chi connectivity index (χ2v) is 4.66. The van der Waals surface area contributed by atoms with Crippen molar-refractivity contribution in [3.63, 3.8) is 0 Å². The zero-order valence-corrected chi connectivity index (χ0v) is 12.9. The van der Waals surface area contributed by atoms with Crippen molar-refractivity contribution < 1.29 is 13.9 Å². The fourth-order valence-electron chi connectivity index (χ4n) is 1.72. The number of aromatic nitrogens is 3. The Balaban J connectivity index is 2.04. The summed E-state index contributed by atoms with van der Waals surface area (Å²) in [6, 6.07) is 1.27. The molecular weight excluding hydrogens is 301 g/mol. The first-order valence-electron chi connectivity index (χ1n) is 6.74. The lowest BCUT2D eigenvalue weighted by molar-refractivity contribution is 0.00626. The highest BCUT2D eigenvalue weighted by Crippen LogP contribution is 2.22. The van der Waals surface area contributed by atoms with Crippen LogP contribution in [0.15, 0.2) is 42.3 Å². The number of nitrogens with zero attached hydrogens (tertiary/aromatic N) is 2. The van der Waals surface area contributed by atoms with Gasteiger partial charge in [-0.2, -0.15) is 5.10 Å². The second-order valence-electron chi connectivity index (χ2n) is 4.66. The highest BCUT2D eigenvalue weighted by molar-refractivity contribution is 5.87. The van der Waals surface area contributed by atoms with E-state index >= 15 is 0 Å². The van der Waals surface area contributed by atoms with E-state index in [2.05, 4.69) is 27.1 Å². The number of anilines is 2. The van der Waals surface area contributed by atoms with E-state index in [4.69, 9.17) is 15.2 Å². The largest absolute Gasteiger partial charge is 0.472 e. The molecule has 0 spiro atoms. The molecule has 7 nitrogen and oxygen atoms in total. The molecule has 4 N–H and O–H groups in total. The highest BCUT2D eigenvalue weighted by atomic mass is 19.1. The molecule has 0 aromatic carbocycles. The molecular formula is C15H18FN5O2. The van der Waals surface area contributed by atoms with Crippen LogP contribution in [0.4, 0.5) is 16.0 Å². The SMILES string of the molecule is C=C(/C=C\C=C(/C)OCOC)Nc1nc2n[nH]c(N)c2cc1F. The molecule has 23 heavy (non-hydrogen) atoms. The molecule has 0 aliphatic heterocycles. The van der Waals surface area contributed by atoms with Gasteiger partial charge in [-0.3, -0.25) is 5.10 Å². The maximum absolute atomic E-state index is 14.0. The molecule has 2 aromatic heterocycles. The fourth-order valence-corrected chi connectivity index (χ4v) is 1.72. The van der Waals surface area contributed by atoms with Gasteiger partial charge in [-0.1, -0.05) is 12.7 Å². The van der Waals surface area contributed by atoms with Gasteiger partial charge in [0.2, 0.25) is 0 Å². The molecule has 2 rings (SSSR count). The number of ether oxygens (including phenoxy) is 2. The summed E-state index contributed by atoms with van der Waals surface area (Å²) >= 11 is 0. The van der Waals surface area contributed by atoms with Crippen LogP contribution in [0.1, 0.15) is 6.92 Å². The third-order valence-electron chi connectivity index (χ3n) is 2.84. The lowest BCUT2D eigenvalue weighted by Crippen LogP contribution is -2.01. The summed E-state index contributed by atoms with van der Waals surface area (Å²) in [5, 5.41) is 9.64. The van der Waals surface area contributed by atoms with Crippen molar-refractivity contribution in [2.45, 2.75) is 6.92 Å². The Morgan fingerprint density at radius 1 is 1.57 bits per heavy atom. The number of allylic oxidation sites excluding steroid dienone is 4. The molecule has 0 aliphatic rings. The van der Waals surface area contributed by atoms with E-state index in [1.54, 1.807) is 32.3 Å². The lowest BCUT2D eigenvalue weighted by Gasteiger charge is -2.06. The number of nitrogens with one attached hydrogen (secondary N) is 2. The first-order chi connectivity index (χ1) is 11.0. The number of fused-ring (bicyclic) bond motifs is 1. The van der Waals surface area contributed by atoms with Crippen molar-refractivity contribution in [2.24, 2.45) is 0 Å². The van der Waals surface area contributed by atoms with E-state index in [1.807, 2.05) is 0 Å². The minimum Gasteiger partial charge on any atom is -0.472 e. The maximum Gasteiger partial charge on any atom is 0.188 e. The standard InChI is InChI=1S/C15H18FN5O2/c1-9(5-4-6-10(2)23-8-22-3)18-15-12(16)7-11-13(17)20-21-14(11)19-15/h4-7H,1,8H2,2-3H3,(H4,17,18,19,20,21)/b5-4-,10-6+. The summed E-state index contributed by atoms with van der Waals surface area (Å²) < 4.78 is 24.0. The number of pyridine rings is 1. The van der Waals surface area contributed by atoms with Crippen molar-refractivity contribution in [3.8, 4) is 0 Å². The predicted molar refractivity (Wildman–Crippen MR) is 86.9 cm³/mol. The van der Waals surface area contributed by atoms with E-state index in [-0.39, 0.29) is 18.4 Å². The molecule has 0 radical (unpaired) electrons. The number of hydrogen-bond acceptors (Lipinski definition) is 6. The van der Waals surface area contributed by atoms with Crippen molar-refractivity contribution in [1.29, 1.82) is 0 Å². The number of H-pyrrole nitrogens is 1. The summed E-state index contributed by atoms with van der Waals surface area (Å²) in [5.41, 5.74) is 6.40. The van der Waals surface area contributed by atoms with Crippen LogP contribution in [-0.2, 0) is 9.47 Å². The Kier molecular flexibility index (Phi) is 5.32. The van der Waals surface area contributed by atoms with Crippen LogP contribution in [-0.4, -0.2) is 29.1 Å².